The molecule has 0 spiro atoms. The second-order valence-electron chi connectivity index (χ2n) is 10.0. The Bertz CT molecular complexity index is 1850. The van der Waals surface area contributed by atoms with E-state index >= 15 is 0 Å². The minimum Gasteiger partial charge on any atom is -0.512 e. The second kappa shape index (κ2) is 10.4. The third-order valence-electron chi connectivity index (χ3n) is 7.03. The predicted molar refractivity (Wildman–Crippen MR) is 157 cm³/mol. The van der Waals surface area contributed by atoms with Crippen LogP contribution in [0.3, 0.4) is 0 Å². The molecule has 0 amide bonds. The average Bonchev–Trinajstić information content (AvgIpc) is 3.55. The van der Waals surface area contributed by atoms with Crippen LogP contribution in [0.5, 0.6) is 0 Å². The summed E-state index contributed by atoms with van der Waals surface area (Å²) in [6.07, 6.45) is 1.17. The first-order valence-electron chi connectivity index (χ1n) is 12.8. The number of carbonyl (C=O) groups is 1. The Labute approximate surface area is 241 Å². The number of allylic oxidation sites excluding steroid dienone is 2. The fraction of sp³-hybridized carbons (Fsp3) is 0.152. The molecule has 0 bridgehead atoms. The van der Waals surface area contributed by atoms with Crippen LogP contribution in [0.15, 0.2) is 90.7 Å². The summed E-state index contributed by atoms with van der Waals surface area (Å²) >= 11 is 0. The first kappa shape index (κ1) is 26.7. The maximum atomic E-state index is 10.0. The van der Waals surface area contributed by atoms with E-state index in [4.69, 9.17) is 5.11 Å². The second-order valence-corrected chi connectivity index (χ2v) is 10.0. The Hall–Kier alpha value is -3.86. The zero-order chi connectivity index (χ0) is 26.6. The van der Waals surface area contributed by atoms with Crippen molar-refractivity contribution in [2.45, 2.75) is 33.7 Å². The summed E-state index contributed by atoms with van der Waals surface area (Å²) in [6.45, 7) is 9.50. The standard InChI is InChI=1S/C28H21N3.C5H8O2.Ir/c1-18(2)29-17-30(27-13-6-5-12-26(27)29)19-14-15-25-23(16-19)22-10-7-9-21-20-8-3-4-11-24(20)31(25)28(21)22;1-4(6)3-5(2)7;/h3-13,15-18H,1-2H3;3,6H,1-2H3;/q-2;;/b;4-3-;. The van der Waals surface area contributed by atoms with Gasteiger partial charge in [0.2, 0.25) is 0 Å². The molecule has 0 unspecified atom stereocenters. The Kier molecular flexibility index (Phi) is 7.11. The molecule has 1 aliphatic heterocycles. The van der Waals surface area contributed by atoms with Gasteiger partial charge in [-0.2, -0.15) is 18.8 Å². The monoisotopic (exact) mass is 692 g/mol. The van der Waals surface area contributed by atoms with E-state index in [1.807, 2.05) is 0 Å². The number of benzene rings is 4. The number of hydrogen-bond acceptors (Lipinski definition) is 4. The third kappa shape index (κ3) is 4.44. The van der Waals surface area contributed by atoms with Gasteiger partial charge in [0, 0.05) is 59.4 Å². The summed E-state index contributed by atoms with van der Waals surface area (Å²) < 4.78 is 2.40. The Balaban J connectivity index is 0.000000345. The summed E-state index contributed by atoms with van der Waals surface area (Å²) in [5.41, 5.74) is 7.29. The molecule has 39 heavy (non-hydrogen) atoms. The minimum absolute atomic E-state index is 0. The molecular formula is C33H29IrN3O2-2. The van der Waals surface area contributed by atoms with Gasteiger partial charge >= 0.3 is 0 Å². The molecule has 3 heterocycles. The molecule has 1 aliphatic rings. The van der Waals surface area contributed by atoms with Crippen molar-refractivity contribution in [1.82, 2.24) is 4.40 Å². The number of nitrogens with zero attached hydrogens (tertiary/aromatic N) is 3. The molecule has 0 aliphatic carbocycles. The van der Waals surface area contributed by atoms with Gasteiger partial charge in [0.1, 0.15) is 0 Å². The van der Waals surface area contributed by atoms with Gasteiger partial charge in [0.25, 0.3) is 0 Å². The van der Waals surface area contributed by atoms with Crippen LogP contribution in [-0.4, -0.2) is 21.3 Å². The van der Waals surface area contributed by atoms with Crippen molar-refractivity contribution in [3.63, 3.8) is 0 Å². The molecule has 1 N–H and O–H groups in total. The van der Waals surface area contributed by atoms with Crippen molar-refractivity contribution >= 4 is 60.9 Å². The maximum absolute atomic E-state index is 10.0. The normalized spacial score (nSPS) is 13.3. The molecule has 0 saturated heterocycles. The van der Waals surface area contributed by atoms with E-state index in [0.717, 1.165) is 5.69 Å². The van der Waals surface area contributed by atoms with Crippen molar-refractivity contribution in [2.24, 2.45) is 0 Å². The van der Waals surface area contributed by atoms with Crippen LogP contribution in [0.1, 0.15) is 27.7 Å². The van der Waals surface area contributed by atoms with Crippen molar-refractivity contribution in [1.29, 1.82) is 0 Å². The molecule has 0 atom stereocenters. The number of aromatic nitrogens is 1. The van der Waals surface area contributed by atoms with Crippen molar-refractivity contribution in [3.05, 3.63) is 103 Å². The number of anilines is 3. The molecule has 1 radical (unpaired) electrons. The average molecular weight is 692 g/mol. The zero-order valence-electron chi connectivity index (χ0n) is 22.3. The van der Waals surface area contributed by atoms with Crippen molar-refractivity contribution < 1.29 is 30.0 Å². The third-order valence-corrected chi connectivity index (χ3v) is 7.03. The van der Waals surface area contributed by atoms with E-state index < -0.39 is 0 Å². The smallest absolute Gasteiger partial charge is 0.155 e. The summed E-state index contributed by atoms with van der Waals surface area (Å²) in [5.74, 6) is -0.0625. The van der Waals surface area contributed by atoms with Gasteiger partial charge in [-0.15, -0.1) is 17.1 Å². The first-order chi connectivity index (χ1) is 18.3. The van der Waals surface area contributed by atoms with Crippen LogP contribution >= 0.6 is 0 Å². The Morgan fingerprint density at radius 1 is 0.872 bits per heavy atom. The van der Waals surface area contributed by atoms with Crippen LogP contribution < -0.4 is 9.80 Å². The molecule has 5 nitrogen and oxygen atoms in total. The van der Waals surface area contributed by atoms with Crippen molar-refractivity contribution in [2.75, 3.05) is 9.80 Å². The Morgan fingerprint density at radius 3 is 2.18 bits per heavy atom. The molecule has 4 aromatic carbocycles. The molecule has 0 fully saturated rings. The van der Waals surface area contributed by atoms with Gasteiger partial charge in [-0.3, -0.25) is 4.79 Å². The van der Waals surface area contributed by atoms with E-state index in [2.05, 4.69) is 120 Å². The summed E-state index contributed by atoms with van der Waals surface area (Å²) in [5, 5.41) is 13.6. The Morgan fingerprint density at radius 2 is 1.51 bits per heavy atom. The predicted octanol–water partition coefficient (Wildman–Crippen LogP) is 8.16. The number of ketones is 1. The topological polar surface area (TPSA) is 48.2 Å². The molecule has 7 rings (SSSR count). The van der Waals surface area contributed by atoms with Crippen LogP contribution in [-0.2, 0) is 24.9 Å². The van der Waals surface area contributed by atoms with Gasteiger partial charge in [-0.1, -0.05) is 54.0 Å². The molecule has 6 heteroatoms. The number of hydrogen-bond donors (Lipinski definition) is 1. The number of para-hydroxylation sites is 4. The SMILES string of the molecule is CC(=O)/C=C(/C)O.CC(C)N1[CH-]N(c2[c-]cc3c(c2)c2cccc4c5ccccc5n3c24)c2ccccc21.[Ir]. The fourth-order valence-electron chi connectivity index (χ4n) is 5.53. The van der Waals surface area contributed by atoms with Crippen LogP contribution in [0.25, 0.3) is 38.1 Å². The quantitative estimate of drug-likeness (QED) is 0.116. The number of fused-ring (bicyclic) bond motifs is 7. The molecule has 6 aromatic rings. The zero-order valence-corrected chi connectivity index (χ0v) is 24.7. The van der Waals surface area contributed by atoms with Gasteiger partial charge in [-0.25, -0.2) is 0 Å². The maximum Gasteiger partial charge on any atom is 0.155 e. The van der Waals surface area contributed by atoms with Crippen molar-refractivity contribution in [3.8, 4) is 0 Å². The number of rotatable bonds is 3. The summed E-state index contributed by atoms with van der Waals surface area (Å²) in [4.78, 5) is 14.6. The van der Waals surface area contributed by atoms with Gasteiger partial charge in [0.15, 0.2) is 5.78 Å². The van der Waals surface area contributed by atoms with E-state index in [-0.39, 0.29) is 31.6 Å². The molecule has 199 valence electrons. The van der Waals surface area contributed by atoms with Gasteiger partial charge < -0.3 is 19.3 Å². The summed E-state index contributed by atoms with van der Waals surface area (Å²) in [7, 11) is 0. The van der Waals surface area contributed by atoms with Gasteiger partial charge in [0.05, 0.1) is 5.76 Å². The van der Waals surface area contributed by atoms with E-state index in [0.29, 0.717) is 6.04 Å². The number of carbonyl (C=O) groups excluding carboxylic acids is 1. The first-order valence-corrected chi connectivity index (χ1v) is 12.8. The molecular weight excluding hydrogens is 663 g/mol. The van der Waals surface area contributed by atoms with E-state index in [1.54, 1.807) is 0 Å². The van der Waals surface area contributed by atoms with E-state index in [9.17, 15) is 4.79 Å². The number of aliphatic hydroxyl groups excluding tert-OH is 1. The number of aliphatic hydroxyl groups is 1. The minimum atomic E-state index is -0.125. The largest absolute Gasteiger partial charge is 0.512 e. The van der Waals surface area contributed by atoms with Crippen LogP contribution in [0, 0.1) is 12.7 Å². The molecule has 0 saturated carbocycles. The molecule has 2 aromatic heterocycles. The fourth-order valence-corrected chi connectivity index (χ4v) is 5.53. The van der Waals surface area contributed by atoms with Crippen LogP contribution in [0.2, 0.25) is 0 Å². The van der Waals surface area contributed by atoms with Crippen LogP contribution in [0.4, 0.5) is 17.1 Å². The van der Waals surface area contributed by atoms with E-state index in [1.165, 1.54) is 69.4 Å². The van der Waals surface area contributed by atoms with Gasteiger partial charge in [-0.05, 0) is 57.3 Å². The summed E-state index contributed by atoms with van der Waals surface area (Å²) in [6, 6.07) is 32.4.